The van der Waals surface area contributed by atoms with E-state index >= 15 is 0 Å². The van der Waals surface area contributed by atoms with Crippen LogP contribution in [-0.2, 0) is 4.74 Å². The predicted molar refractivity (Wildman–Crippen MR) is 85.1 cm³/mol. The van der Waals surface area contributed by atoms with Crippen LogP contribution in [0.15, 0.2) is 24.7 Å². The van der Waals surface area contributed by atoms with Gasteiger partial charge in [-0.05, 0) is 0 Å². The first-order chi connectivity index (χ1) is 10.0. The van der Waals surface area contributed by atoms with E-state index in [2.05, 4.69) is 36.0 Å². The van der Waals surface area contributed by atoms with Crippen molar-refractivity contribution in [1.82, 2.24) is 19.7 Å². The van der Waals surface area contributed by atoms with Gasteiger partial charge in [0.1, 0.15) is 0 Å². The fourth-order valence-electron chi connectivity index (χ4n) is 2.43. The molecule has 2 aromatic heterocycles. The Morgan fingerprint density at radius 1 is 1.19 bits per heavy atom. The number of nitrogens with zero attached hydrogens (tertiary/aromatic N) is 4. The van der Waals surface area contributed by atoms with E-state index in [4.69, 9.17) is 4.74 Å². The zero-order valence-corrected chi connectivity index (χ0v) is 15.8. The van der Waals surface area contributed by atoms with E-state index in [1.807, 2.05) is 16.9 Å². The molecule has 1 saturated heterocycles. The van der Waals surface area contributed by atoms with E-state index < -0.39 is 18.4 Å². The van der Waals surface area contributed by atoms with Crippen molar-refractivity contribution in [1.29, 1.82) is 0 Å². The van der Waals surface area contributed by atoms with Gasteiger partial charge in [-0.15, -0.1) is 0 Å². The maximum absolute atomic E-state index is 5.73. The van der Waals surface area contributed by atoms with E-state index in [-0.39, 0.29) is 6.23 Å². The Balaban J connectivity index is 1.79. The summed E-state index contributed by atoms with van der Waals surface area (Å²) in [7, 11) is 0. The normalized spacial score (nSPS) is 19.7. The first-order valence-electron chi connectivity index (χ1n) is 7.54. The molecule has 1 atom stereocenters. The molecule has 0 radical (unpaired) electrons. The molecule has 6 heteroatoms. The van der Waals surface area contributed by atoms with Gasteiger partial charge in [0.05, 0.1) is 0 Å². The summed E-state index contributed by atoms with van der Waals surface area (Å²) in [5.74, 6) is 0.680. The van der Waals surface area contributed by atoms with Crippen LogP contribution in [0.25, 0.3) is 11.5 Å². The fraction of sp³-hybridized carbons (Fsp3) is 0.533. The van der Waals surface area contributed by atoms with Gasteiger partial charge < -0.3 is 0 Å². The van der Waals surface area contributed by atoms with Crippen LogP contribution >= 0.6 is 0 Å². The number of aromatic nitrogens is 4. The van der Waals surface area contributed by atoms with E-state index in [1.54, 1.807) is 6.33 Å². The van der Waals surface area contributed by atoms with Crippen LogP contribution in [-0.4, -0.2) is 44.7 Å². The standard InChI is InChI=1S/C12H13N4O.3CH3.Sn/c1-3-7-13-10(5-1)12-14-9-16(15-12)11-6-2-4-8-17-11;;;;/h1,5,7,9,11H,2,4,6,8H2;3*1H3;. The average molecular weight is 393 g/mol. The molecule has 2 aromatic rings. The van der Waals surface area contributed by atoms with Crippen molar-refractivity contribution in [2.75, 3.05) is 6.61 Å². The van der Waals surface area contributed by atoms with Crippen molar-refractivity contribution in [2.24, 2.45) is 0 Å². The van der Waals surface area contributed by atoms with Crippen LogP contribution in [0.2, 0.25) is 14.8 Å². The molecule has 0 saturated carbocycles. The van der Waals surface area contributed by atoms with E-state index in [0.29, 0.717) is 5.82 Å². The molecule has 0 aliphatic carbocycles. The second-order valence-corrected chi connectivity index (χ2v) is 21.0. The Hall–Kier alpha value is -0.951. The zero-order chi connectivity index (χ0) is 14.9. The second-order valence-electron chi connectivity index (χ2n) is 6.55. The summed E-state index contributed by atoms with van der Waals surface area (Å²) >= 11 is -2.03. The maximum atomic E-state index is 5.73. The Labute approximate surface area is 129 Å². The van der Waals surface area contributed by atoms with Gasteiger partial charge in [0.15, 0.2) is 0 Å². The topological polar surface area (TPSA) is 52.8 Å². The van der Waals surface area contributed by atoms with Gasteiger partial charge in [-0.25, -0.2) is 0 Å². The van der Waals surface area contributed by atoms with Crippen LogP contribution in [0, 0.1) is 0 Å². The molecule has 112 valence electrons. The molecule has 5 nitrogen and oxygen atoms in total. The number of hydrogen-bond donors (Lipinski definition) is 0. The molecule has 3 heterocycles. The van der Waals surface area contributed by atoms with Crippen molar-refractivity contribution in [2.45, 2.75) is 40.3 Å². The summed E-state index contributed by atoms with van der Waals surface area (Å²) in [6.45, 7) is 0.811. The van der Waals surface area contributed by atoms with Crippen LogP contribution < -0.4 is 3.58 Å². The molecule has 1 aliphatic rings. The summed E-state index contributed by atoms with van der Waals surface area (Å²) in [6.07, 6.45) is 7.12. The van der Waals surface area contributed by atoms with Crippen LogP contribution in [0.5, 0.6) is 0 Å². The zero-order valence-electron chi connectivity index (χ0n) is 12.9. The molecule has 0 amide bonds. The molecule has 0 spiro atoms. The first-order valence-corrected chi connectivity index (χ1v) is 17.5. The van der Waals surface area contributed by atoms with Crippen LogP contribution in [0.3, 0.4) is 0 Å². The molecule has 21 heavy (non-hydrogen) atoms. The van der Waals surface area contributed by atoms with Gasteiger partial charge >= 0.3 is 130 Å². The molecular formula is C15H22N4OSn. The summed E-state index contributed by atoms with van der Waals surface area (Å²) in [4.78, 5) is 16.1. The molecular weight excluding hydrogens is 371 g/mol. The Kier molecular flexibility index (Phi) is 4.30. The van der Waals surface area contributed by atoms with Crippen molar-refractivity contribution in [3.05, 3.63) is 24.7 Å². The summed E-state index contributed by atoms with van der Waals surface area (Å²) in [5.41, 5.74) is 0.837. The molecule has 1 aliphatic heterocycles. The third kappa shape index (κ3) is 3.45. The van der Waals surface area contributed by atoms with Crippen LogP contribution in [0.4, 0.5) is 0 Å². The van der Waals surface area contributed by atoms with E-state index in [9.17, 15) is 0 Å². The van der Waals surface area contributed by atoms with Gasteiger partial charge in [-0.2, -0.15) is 0 Å². The van der Waals surface area contributed by atoms with Gasteiger partial charge in [-0.3, -0.25) is 0 Å². The minimum atomic E-state index is -2.03. The number of pyridine rings is 1. The fourth-order valence-corrected chi connectivity index (χ4v) is 5.39. The van der Waals surface area contributed by atoms with Crippen molar-refractivity contribution in [3.8, 4) is 11.5 Å². The Bertz CT molecular complexity index is 597. The SMILES string of the molecule is [CH3][Sn]([CH3])([CH3])[c]1ccc(-c2ncn(C3CCCCO3)n2)nc1. The van der Waals surface area contributed by atoms with Crippen LogP contribution in [0.1, 0.15) is 25.5 Å². The Morgan fingerprint density at radius 3 is 2.67 bits per heavy atom. The van der Waals surface area contributed by atoms with Gasteiger partial charge in [-0.1, -0.05) is 0 Å². The van der Waals surface area contributed by atoms with Crippen molar-refractivity contribution < 1.29 is 4.74 Å². The van der Waals surface area contributed by atoms with Gasteiger partial charge in [0, 0.05) is 0 Å². The van der Waals surface area contributed by atoms with Gasteiger partial charge in [0.25, 0.3) is 0 Å². The number of rotatable bonds is 3. The van der Waals surface area contributed by atoms with E-state index in [0.717, 1.165) is 25.1 Å². The molecule has 1 fully saturated rings. The van der Waals surface area contributed by atoms with Crippen molar-refractivity contribution >= 4 is 22.0 Å². The quantitative estimate of drug-likeness (QED) is 0.753. The number of hydrogen-bond acceptors (Lipinski definition) is 4. The minimum absolute atomic E-state index is 0.0325. The molecule has 1 unspecified atom stereocenters. The van der Waals surface area contributed by atoms with E-state index in [1.165, 1.54) is 10.0 Å². The molecule has 0 bridgehead atoms. The monoisotopic (exact) mass is 394 g/mol. The molecule has 3 rings (SSSR count). The third-order valence-corrected chi connectivity index (χ3v) is 9.61. The molecule has 0 aromatic carbocycles. The average Bonchev–Trinajstić information content (AvgIpc) is 2.97. The predicted octanol–water partition coefficient (Wildman–Crippen LogP) is 2.58. The van der Waals surface area contributed by atoms with Crippen molar-refractivity contribution in [3.63, 3.8) is 0 Å². The Morgan fingerprint density at radius 2 is 2.05 bits per heavy atom. The summed E-state index contributed by atoms with van der Waals surface area (Å²) in [6, 6.07) is 4.23. The van der Waals surface area contributed by atoms with Gasteiger partial charge in [0.2, 0.25) is 0 Å². The third-order valence-electron chi connectivity index (χ3n) is 3.82. The summed E-state index contributed by atoms with van der Waals surface area (Å²) < 4.78 is 8.97. The first kappa shape index (κ1) is 15.0. The number of ether oxygens (including phenoxy) is 1. The molecule has 0 N–H and O–H groups in total. The second kappa shape index (κ2) is 6.04. The summed E-state index contributed by atoms with van der Waals surface area (Å²) in [5, 5.41) is 4.53.